The summed E-state index contributed by atoms with van der Waals surface area (Å²) in [5.41, 5.74) is 0.931. The van der Waals surface area contributed by atoms with Crippen molar-refractivity contribution in [1.82, 2.24) is 0 Å². The molecule has 0 fully saturated rings. The molecular weight excluding hydrogens is 222 g/mol. The summed E-state index contributed by atoms with van der Waals surface area (Å²) in [5.74, 6) is -1.28. The second-order valence-corrected chi connectivity index (χ2v) is 3.64. The van der Waals surface area contributed by atoms with E-state index in [-0.39, 0.29) is 13.0 Å². The number of nitrogens with zero attached hydrogens (tertiary/aromatic N) is 1. The van der Waals surface area contributed by atoms with Crippen LogP contribution in [0.2, 0.25) is 0 Å². The molecule has 0 saturated carbocycles. The second-order valence-electron chi connectivity index (χ2n) is 3.64. The Morgan fingerprint density at radius 2 is 2.00 bits per heavy atom. The number of rotatable bonds is 6. The molecular formula is C12H14NO4+. The molecule has 0 spiro atoms. The van der Waals surface area contributed by atoms with E-state index in [1.165, 1.54) is 4.58 Å². The van der Waals surface area contributed by atoms with Gasteiger partial charge in [-0.05, 0) is 0 Å². The normalized spacial score (nSPS) is 11.6. The van der Waals surface area contributed by atoms with Crippen LogP contribution in [0.15, 0.2) is 30.3 Å². The first-order chi connectivity index (χ1) is 8.13. The quantitative estimate of drug-likeness (QED) is 0.425. The molecule has 0 amide bonds. The van der Waals surface area contributed by atoms with Gasteiger partial charge in [-0.3, -0.25) is 0 Å². The lowest BCUT2D eigenvalue weighted by Crippen LogP contribution is -2.24. The Balaban J connectivity index is 2.51. The van der Waals surface area contributed by atoms with E-state index in [9.17, 15) is 9.59 Å². The lowest BCUT2D eigenvalue weighted by atomic mass is 10.2. The van der Waals surface area contributed by atoms with Gasteiger partial charge in [-0.1, -0.05) is 30.3 Å². The largest absolute Gasteiger partial charge is 0.479 e. The van der Waals surface area contributed by atoms with E-state index in [0.717, 1.165) is 5.56 Å². The Bertz CT molecular complexity index is 423. The van der Waals surface area contributed by atoms with Gasteiger partial charge >= 0.3 is 12.0 Å². The molecule has 0 aromatic heterocycles. The summed E-state index contributed by atoms with van der Waals surface area (Å²) in [7, 11) is 0. The Morgan fingerprint density at radius 3 is 2.53 bits per heavy atom. The lowest BCUT2D eigenvalue weighted by Gasteiger charge is -2.03. The third-order valence-electron chi connectivity index (χ3n) is 2.30. The Hall–Kier alpha value is -1.97. The molecule has 0 bridgehead atoms. The third-order valence-corrected chi connectivity index (χ3v) is 2.30. The van der Waals surface area contributed by atoms with Gasteiger partial charge < -0.3 is 10.2 Å². The van der Waals surface area contributed by atoms with Crippen LogP contribution in [0.25, 0.3) is 0 Å². The third kappa shape index (κ3) is 4.59. The number of carbonyl (C=O) groups is 1. The first kappa shape index (κ1) is 13.1. The highest BCUT2D eigenvalue weighted by atomic mass is 16.4. The van der Waals surface area contributed by atoms with Gasteiger partial charge in [-0.15, -0.1) is 4.58 Å². The predicted octanol–water partition coefficient (Wildman–Crippen LogP) is 0.370. The van der Waals surface area contributed by atoms with E-state index >= 15 is 0 Å². The fraction of sp³-hybridized carbons (Fsp3) is 0.333. The minimum atomic E-state index is -1.44. The molecule has 0 heterocycles. The van der Waals surface area contributed by atoms with Gasteiger partial charge in [0.05, 0.1) is 0 Å². The molecule has 17 heavy (non-hydrogen) atoms. The van der Waals surface area contributed by atoms with Crippen LogP contribution in [0.4, 0.5) is 0 Å². The standard InChI is InChI=1S/C12H13NO4/c14-9-13(7-6-11(15)12(16)17)8-10-4-2-1-3-5-10/h1-5,11,15H,6-8H2/p+1/t11-/m0/s1. The number of aliphatic hydroxyl groups excluding tert-OH is 1. The first-order valence-electron chi connectivity index (χ1n) is 5.21. The molecule has 0 unspecified atom stereocenters. The fourth-order valence-corrected chi connectivity index (χ4v) is 1.36. The molecule has 2 N–H and O–H groups in total. The molecule has 1 atom stereocenters. The minimum absolute atomic E-state index is 0.00257. The summed E-state index contributed by atoms with van der Waals surface area (Å²) >= 11 is 0. The SMILES string of the molecule is O=C=[N+](CC[C@H](O)C(=O)O)Cc1ccccc1. The van der Waals surface area contributed by atoms with Crippen molar-refractivity contribution in [3.8, 4) is 0 Å². The summed E-state index contributed by atoms with van der Waals surface area (Å²) < 4.78 is 1.31. The van der Waals surface area contributed by atoms with Gasteiger partial charge in [-0.2, -0.15) is 4.79 Å². The molecule has 90 valence electrons. The van der Waals surface area contributed by atoms with E-state index in [4.69, 9.17) is 10.2 Å². The summed E-state index contributed by atoms with van der Waals surface area (Å²) in [4.78, 5) is 21.1. The van der Waals surface area contributed by atoms with E-state index < -0.39 is 12.1 Å². The zero-order valence-corrected chi connectivity index (χ0v) is 9.24. The van der Waals surface area contributed by atoms with Crippen molar-refractivity contribution in [1.29, 1.82) is 0 Å². The summed E-state index contributed by atoms with van der Waals surface area (Å²) in [6.45, 7) is 0.516. The smallest absolute Gasteiger partial charge is 0.424 e. The number of aliphatic hydroxyl groups is 1. The van der Waals surface area contributed by atoms with Crippen LogP contribution in [0.1, 0.15) is 12.0 Å². The minimum Gasteiger partial charge on any atom is -0.479 e. The summed E-state index contributed by atoms with van der Waals surface area (Å²) in [5, 5.41) is 17.6. The molecule has 1 aromatic rings. The van der Waals surface area contributed by atoms with Gasteiger partial charge in [0, 0.05) is 12.0 Å². The monoisotopic (exact) mass is 236 g/mol. The molecule has 1 rings (SSSR count). The van der Waals surface area contributed by atoms with Crippen LogP contribution >= 0.6 is 0 Å². The molecule has 1 aromatic carbocycles. The maximum absolute atomic E-state index is 10.7. The van der Waals surface area contributed by atoms with Gasteiger partial charge in [0.25, 0.3) is 0 Å². The number of carboxylic acid groups (broad SMARTS) is 1. The molecule has 0 aliphatic carbocycles. The van der Waals surface area contributed by atoms with Crippen molar-refractivity contribution in [2.45, 2.75) is 19.1 Å². The second kappa shape index (κ2) is 6.58. The van der Waals surface area contributed by atoms with Crippen LogP contribution < -0.4 is 0 Å². The highest BCUT2D eigenvalue weighted by Crippen LogP contribution is 2.01. The Labute approximate surface area is 98.6 Å². The van der Waals surface area contributed by atoms with Crippen molar-refractivity contribution >= 4 is 12.0 Å². The predicted molar refractivity (Wildman–Crippen MR) is 59.2 cm³/mol. The van der Waals surface area contributed by atoms with Crippen LogP contribution in [0.5, 0.6) is 0 Å². The first-order valence-corrected chi connectivity index (χ1v) is 5.21. The van der Waals surface area contributed by atoms with E-state index in [0.29, 0.717) is 6.54 Å². The van der Waals surface area contributed by atoms with Crippen molar-refractivity contribution in [2.24, 2.45) is 0 Å². The van der Waals surface area contributed by atoms with Gasteiger partial charge in [0.2, 0.25) is 0 Å². The van der Waals surface area contributed by atoms with E-state index in [1.807, 2.05) is 30.3 Å². The summed E-state index contributed by atoms with van der Waals surface area (Å²) in [6, 6.07) is 9.29. The lowest BCUT2D eigenvalue weighted by molar-refractivity contribution is -0.542. The Kier molecular flexibility index (Phi) is 5.07. The number of isocyanates is 1. The van der Waals surface area contributed by atoms with E-state index in [1.54, 1.807) is 6.08 Å². The number of carbonyl (C=O) groups excluding carboxylic acids is 1. The van der Waals surface area contributed by atoms with Gasteiger partial charge in [0.15, 0.2) is 19.2 Å². The fourth-order valence-electron chi connectivity index (χ4n) is 1.36. The van der Waals surface area contributed by atoms with Crippen molar-refractivity contribution < 1.29 is 24.4 Å². The average molecular weight is 236 g/mol. The number of hydrogen-bond acceptors (Lipinski definition) is 3. The zero-order chi connectivity index (χ0) is 12.7. The molecule has 0 saturated heterocycles. The van der Waals surface area contributed by atoms with Gasteiger partial charge in [-0.25, -0.2) is 4.79 Å². The molecule has 0 radical (unpaired) electrons. The van der Waals surface area contributed by atoms with Crippen LogP contribution in [-0.4, -0.2) is 39.5 Å². The van der Waals surface area contributed by atoms with Crippen LogP contribution in [-0.2, 0) is 16.1 Å². The van der Waals surface area contributed by atoms with Crippen LogP contribution in [0.3, 0.4) is 0 Å². The topological polar surface area (TPSA) is 77.6 Å². The molecule has 5 nitrogen and oxygen atoms in total. The highest BCUT2D eigenvalue weighted by molar-refractivity contribution is 5.71. The molecule has 0 aliphatic rings. The molecule has 5 heteroatoms. The summed E-state index contributed by atoms with van der Waals surface area (Å²) in [6.07, 6.45) is 0.279. The van der Waals surface area contributed by atoms with Crippen LogP contribution in [0, 0.1) is 0 Å². The highest BCUT2D eigenvalue weighted by Gasteiger charge is 2.17. The number of carboxylic acids is 1. The average Bonchev–Trinajstić information content (AvgIpc) is 2.35. The van der Waals surface area contributed by atoms with Crippen molar-refractivity contribution in [3.05, 3.63) is 35.9 Å². The van der Waals surface area contributed by atoms with Crippen molar-refractivity contribution in [3.63, 3.8) is 0 Å². The van der Waals surface area contributed by atoms with E-state index in [2.05, 4.69) is 0 Å². The maximum atomic E-state index is 10.7. The van der Waals surface area contributed by atoms with Gasteiger partial charge in [0.1, 0.15) is 0 Å². The number of aliphatic carboxylic acids is 1. The number of hydrogen-bond donors (Lipinski definition) is 2. The maximum Gasteiger partial charge on any atom is 0.424 e. The van der Waals surface area contributed by atoms with Crippen molar-refractivity contribution in [2.75, 3.05) is 6.54 Å². The number of benzene rings is 1. The molecule has 0 aliphatic heterocycles. The Morgan fingerprint density at radius 1 is 1.35 bits per heavy atom. The zero-order valence-electron chi connectivity index (χ0n) is 9.24.